The molecule has 29 heavy (non-hydrogen) atoms. The van der Waals surface area contributed by atoms with Crippen LogP contribution in [0.4, 0.5) is 0 Å². The van der Waals surface area contributed by atoms with Gasteiger partial charge in [0, 0.05) is 0 Å². The molecule has 2 rings (SSSR count). The summed E-state index contributed by atoms with van der Waals surface area (Å²) in [6.07, 6.45) is 6.40. The van der Waals surface area contributed by atoms with E-state index in [1.807, 2.05) is 0 Å². The average Bonchev–Trinajstić information content (AvgIpc) is 2.57. The van der Waals surface area contributed by atoms with Crippen molar-refractivity contribution in [3.8, 4) is 0 Å². The number of hydrogen-bond acceptors (Lipinski definition) is 4. The van der Waals surface area contributed by atoms with Crippen molar-refractivity contribution in [3.05, 3.63) is 12.2 Å². The molecule has 0 heterocycles. The van der Waals surface area contributed by atoms with Gasteiger partial charge in [-0.3, -0.25) is 9.59 Å². The van der Waals surface area contributed by atoms with E-state index >= 15 is 0 Å². The molecule has 0 saturated heterocycles. The fraction of sp³-hybridized carbons (Fsp3) is 0.833. The summed E-state index contributed by atoms with van der Waals surface area (Å²) in [6.45, 7) is 13.9. The maximum absolute atomic E-state index is 11.5. The average molecular weight is 409 g/mol. The minimum Gasteiger partial charge on any atom is -0.481 e. The van der Waals surface area contributed by atoms with Crippen LogP contribution in [0.25, 0.3) is 0 Å². The summed E-state index contributed by atoms with van der Waals surface area (Å²) in [6, 6.07) is 0. The Morgan fingerprint density at radius 2 is 1.90 bits per heavy atom. The Hall–Kier alpha value is -1.36. The Morgan fingerprint density at radius 3 is 2.55 bits per heavy atom. The number of carboxylic acids is 1. The lowest BCUT2D eigenvalue weighted by Crippen LogP contribution is -2.53. The highest BCUT2D eigenvalue weighted by molar-refractivity contribution is 5.76. The Bertz CT molecular complexity index is 610. The van der Waals surface area contributed by atoms with Crippen molar-refractivity contribution in [2.24, 2.45) is 28.6 Å². The maximum Gasteiger partial charge on any atom is 0.306 e. The van der Waals surface area contributed by atoms with Crippen LogP contribution in [0.15, 0.2) is 12.2 Å². The minimum absolute atomic E-state index is 0.0660. The van der Waals surface area contributed by atoms with Gasteiger partial charge in [0.2, 0.25) is 0 Å². The molecule has 0 aromatic rings. The summed E-state index contributed by atoms with van der Waals surface area (Å²) in [7, 11) is 0. The first-order valence-electron chi connectivity index (χ1n) is 11.2. The predicted molar refractivity (Wildman–Crippen MR) is 113 cm³/mol. The summed E-state index contributed by atoms with van der Waals surface area (Å²) < 4.78 is 5.17. The number of rotatable bonds is 9. The third-order valence-electron chi connectivity index (χ3n) is 7.58. The summed E-state index contributed by atoms with van der Waals surface area (Å²) in [4.78, 5) is 22.1. The molecule has 2 saturated carbocycles. The van der Waals surface area contributed by atoms with Crippen LogP contribution in [0.5, 0.6) is 0 Å². The number of fused-ring (bicyclic) bond motifs is 1. The predicted octanol–water partition coefficient (Wildman–Crippen LogP) is 4.97. The maximum atomic E-state index is 11.5. The van der Waals surface area contributed by atoms with Crippen molar-refractivity contribution in [1.29, 1.82) is 0 Å². The lowest BCUT2D eigenvalue weighted by atomic mass is 9.46. The Labute approximate surface area is 175 Å². The van der Waals surface area contributed by atoms with Gasteiger partial charge in [-0.2, -0.15) is 0 Å². The van der Waals surface area contributed by atoms with Gasteiger partial charge in [-0.25, -0.2) is 0 Å². The number of aliphatic carboxylic acids is 1. The second-order valence-electron chi connectivity index (χ2n) is 10.4. The molecule has 166 valence electrons. The van der Waals surface area contributed by atoms with Gasteiger partial charge in [0.05, 0.1) is 25.6 Å². The van der Waals surface area contributed by atoms with Crippen LogP contribution < -0.4 is 0 Å². The molecule has 0 amide bonds. The summed E-state index contributed by atoms with van der Waals surface area (Å²) in [5, 5.41) is 19.2. The Balaban J connectivity index is 1.87. The Kier molecular flexibility index (Phi) is 7.94. The Morgan fingerprint density at radius 1 is 1.21 bits per heavy atom. The van der Waals surface area contributed by atoms with Crippen molar-refractivity contribution in [3.63, 3.8) is 0 Å². The highest BCUT2D eigenvalue weighted by Crippen LogP contribution is 2.61. The van der Waals surface area contributed by atoms with Crippen molar-refractivity contribution in [1.82, 2.24) is 0 Å². The van der Waals surface area contributed by atoms with Gasteiger partial charge in [0.1, 0.15) is 0 Å². The van der Waals surface area contributed by atoms with Gasteiger partial charge < -0.3 is 14.9 Å². The van der Waals surface area contributed by atoms with Gasteiger partial charge in [0.15, 0.2) is 0 Å². The summed E-state index contributed by atoms with van der Waals surface area (Å²) in [5.41, 5.74) is 1.58. The number of carboxylic acid groups (broad SMARTS) is 1. The first-order valence-corrected chi connectivity index (χ1v) is 11.2. The first kappa shape index (κ1) is 23.9. The zero-order valence-electron chi connectivity index (χ0n) is 18.7. The quantitative estimate of drug-likeness (QED) is 0.416. The van der Waals surface area contributed by atoms with E-state index in [1.54, 1.807) is 0 Å². The SMILES string of the molecule is C=C1CC[C@@H]2C(C)(C)C[C@H](O)C[C@]2(C)[C@@H]1CC[C@H](C)CCOC(=O)CCC(=O)O. The molecule has 0 unspecified atom stereocenters. The van der Waals surface area contributed by atoms with Crippen LogP contribution in [0.1, 0.15) is 85.5 Å². The second-order valence-corrected chi connectivity index (χ2v) is 10.4. The van der Waals surface area contributed by atoms with Crippen LogP contribution in [0, 0.1) is 28.6 Å². The van der Waals surface area contributed by atoms with Crippen LogP contribution in [-0.4, -0.2) is 34.9 Å². The molecular formula is C24H40O5. The fourth-order valence-corrected chi connectivity index (χ4v) is 6.22. The van der Waals surface area contributed by atoms with Crippen molar-refractivity contribution < 1.29 is 24.5 Å². The van der Waals surface area contributed by atoms with Gasteiger partial charge >= 0.3 is 11.9 Å². The molecule has 5 heteroatoms. The standard InChI is InChI=1S/C24H40O5/c1-16(12-13-29-22(28)11-10-21(26)27)6-8-19-17(2)7-9-20-23(3,4)14-18(25)15-24(19,20)5/h16,18-20,25H,2,6-15H2,1,3-5H3,(H,26,27)/t16-,18-,19+,20+,24+/m0/s1. The van der Waals surface area contributed by atoms with E-state index in [0.29, 0.717) is 24.4 Å². The highest BCUT2D eigenvalue weighted by atomic mass is 16.5. The van der Waals surface area contributed by atoms with Crippen molar-refractivity contribution in [2.45, 2.75) is 91.6 Å². The number of allylic oxidation sites excluding steroid dienone is 1. The zero-order valence-corrected chi connectivity index (χ0v) is 18.7. The highest BCUT2D eigenvalue weighted by Gasteiger charge is 2.54. The largest absolute Gasteiger partial charge is 0.481 e. The number of esters is 1. The van der Waals surface area contributed by atoms with E-state index in [-0.39, 0.29) is 29.8 Å². The minimum atomic E-state index is -0.981. The van der Waals surface area contributed by atoms with Gasteiger partial charge in [-0.1, -0.05) is 39.8 Å². The molecule has 0 radical (unpaired) electrons. The smallest absolute Gasteiger partial charge is 0.306 e. The molecule has 2 N–H and O–H groups in total. The lowest BCUT2D eigenvalue weighted by Gasteiger charge is -2.59. The molecule has 2 aliphatic carbocycles. The number of aliphatic hydroxyl groups excluding tert-OH is 1. The topological polar surface area (TPSA) is 83.8 Å². The normalized spacial score (nSPS) is 32.3. The molecular weight excluding hydrogens is 368 g/mol. The van der Waals surface area contributed by atoms with Crippen LogP contribution in [0.3, 0.4) is 0 Å². The number of ether oxygens (including phenoxy) is 1. The third-order valence-corrected chi connectivity index (χ3v) is 7.58. The molecule has 2 aliphatic rings. The van der Waals surface area contributed by atoms with Gasteiger partial charge in [-0.15, -0.1) is 0 Å². The molecule has 0 aliphatic heterocycles. The van der Waals surface area contributed by atoms with E-state index < -0.39 is 11.9 Å². The van der Waals surface area contributed by atoms with Gasteiger partial charge in [0.25, 0.3) is 0 Å². The van der Waals surface area contributed by atoms with E-state index in [0.717, 1.165) is 38.5 Å². The van der Waals surface area contributed by atoms with E-state index in [2.05, 4.69) is 34.3 Å². The third kappa shape index (κ3) is 6.07. The lowest BCUT2D eigenvalue weighted by molar-refractivity contribution is -0.148. The van der Waals surface area contributed by atoms with E-state index in [4.69, 9.17) is 9.84 Å². The zero-order chi connectivity index (χ0) is 21.8. The summed E-state index contributed by atoms with van der Waals surface area (Å²) >= 11 is 0. The second kappa shape index (κ2) is 9.63. The molecule has 0 bridgehead atoms. The van der Waals surface area contributed by atoms with Crippen molar-refractivity contribution in [2.75, 3.05) is 6.61 Å². The number of hydrogen-bond donors (Lipinski definition) is 2. The first-order chi connectivity index (χ1) is 13.5. The molecule has 0 aromatic heterocycles. The molecule has 0 aromatic carbocycles. The fourth-order valence-electron chi connectivity index (χ4n) is 6.22. The van der Waals surface area contributed by atoms with Gasteiger partial charge in [-0.05, 0) is 73.5 Å². The number of carbonyl (C=O) groups is 2. The van der Waals surface area contributed by atoms with Crippen molar-refractivity contribution >= 4 is 11.9 Å². The number of aliphatic hydroxyl groups is 1. The van der Waals surface area contributed by atoms with Crippen LogP contribution in [0.2, 0.25) is 0 Å². The van der Waals surface area contributed by atoms with Crippen LogP contribution >= 0.6 is 0 Å². The molecule has 0 spiro atoms. The molecule has 5 nitrogen and oxygen atoms in total. The number of carbonyl (C=O) groups excluding carboxylic acids is 1. The van der Waals surface area contributed by atoms with E-state index in [1.165, 1.54) is 12.0 Å². The van der Waals surface area contributed by atoms with Crippen LogP contribution in [-0.2, 0) is 14.3 Å². The van der Waals surface area contributed by atoms with E-state index in [9.17, 15) is 14.7 Å². The monoisotopic (exact) mass is 408 g/mol. The molecule has 2 fully saturated rings. The molecule has 5 atom stereocenters. The summed E-state index contributed by atoms with van der Waals surface area (Å²) in [5.74, 6) is 0.0379.